The Morgan fingerprint density at radius 1 is 1.30 bits per heavy atom. The lowest BCUT2D eigenvalue weighted by molar-refractivity contribution is 0.0789. The molecular weight excluding hydrogens is 296 g/mol. The molecule has 1 saturated heterocycles. The average molecular weight is 314 g/mol. The van der Waals surface area contributed by atoms with Crippen LogP contribution in [-0.2, 0) is 0 Å². The van der Waals surface area contributed by atoms with Gasteiger partial charge in [-0.1, -0.05) is 0 Å². The number of likely N-dealkylation sites (tertiary alicyclic amines) is 1. The Morgan fingerprint density at radius 2 is 2.13 bits per heavy atom. The first-order chi connectivity index (χ1) is 11.2. The van der Waals surface area contributed by atoms with E-state index in [0.29, 0.717) is 49.1 Å². The van der Waals surface area contributed by atoms with Crippen molar-refractivity contribution in [1.82, 2.24) is 15.1 Å². The first-order valence-corrected chi connectivity index (χ1v) is 7.70. The van der Waals surface area contributed by atoms with Gasteiger partial charge in [-0.15, -0.1) is 0 Å². The van der Waals surface area contributed by atoms with Gasteiger partial charge in [0.05, 0.1) is 17.6 Å². The summed E-state index contributed by atoms with van der Waals surface area (Å²) in [4.78, 5) is 14.5. The molecule has 0 spiro atoms. The highest BCUT2D eigenvalue weighted by Crippen LogP contribution is 2.33. The highest BCUT2D eigenvalue weighted by molar-refractivity contribution is 5.95. The Morgan fingerprint density at radius 3 is 2.91 bits per heavy atom. The van der Waals surface area contributed by atoms with Gasteiger partial charge in [0.25, 0.3) is 5.91 Å². The second kappa shape index (κ2) is 5.49. The Bertz CT molecular complexity index is 743. The fraction of sp³-hybridized carbons (Fsp3) is 0.375. The Hall–Kier alpha value is -2.70. The van der Waals surface area contributed by atoms with Crippen molar-refractivity contribution in [2.45, 2.75) is 12.3 Å². The van der Waals surface area contributed by atoms with Gasteiger partial charge in [0.2, 0.25) is 0 Å². The summed E-state index contributed by atoms with van der Waals surface area (Å²) in [6.45, 7) is 2.39. The number of benzene rings is 1. The number of ether oxygens (including phenoxy) is 2. The Balaban J connectivity index is 1.51. The van der Waals surface area contributed by atoms with Crippen molar-refractivity contribution in [3.05, 3.63) is 35.7 Å². The predicted molar refractivity (Wildman–Crippen MR) is 83.7 cm³/mol. The van der Waals surface area contributed by atoms with Crippen LogP contribution in [0, 0.1) is 0 Å². The van der Waals surface area contributed by atoms with Crippen LogP contribution < -0.4 is 15.2 Å². The third-order valence-electron chi connectivity index (χ3n) is 4.37. The second-order valence-electron chi connectivity index (χ2n) is 5.83. The van der Waals surface area contributed by atoms with Gasteiger partial charge in [0.1, 0.15) is 13.2 Å². The SMILES string of the molecule is Nc1cn[nH]c1C1CCN(C(=O)c2ccc3c(c2)OCCO3)C1. The Labute approximate surface area is 133 Å². The maximum absolute atomic E-state index is 12.7. The van der Waals surface area contributed by atoms with Crippen LogP contribution in [0.2, 0.25) is 0 Å². The van der Waals surface area contributed by atoms with Crippen LogP contribution in [0.1, 0.15) is 28.4 Å². The second-order valence-corrected chi connectivity index (χ2v) is 5.83. The van der Waals surface area contributed by atoms with Crippen molar-refractivity contribution in [1.29, 1.82) is 0 Å². The fourth-order valence-electron chi connectivity index (χ4n) is 3.17. The number of aromatic amines is 1. The zero-order chi connectivity index (χ0) is 15.8. The Kier molecular flexibility index (Phi) is 3.33. The minimum absolute atomic E-state index is 0.00237. The number of hydrogen-bond donors (Lipinski definition) is 2. The van der Waals surface area contributed by atoms with Gasteiger partial charge in [-0.25, -0.2) is 0 Å². The summed E-state index contributed by atoms with van der Waals surface area (Å²) in [5, 5.41) is 6.90. The van der Waals surface area contributed by atoms with E-state index in [9.17, 15) is 4.79 Å². The number of nitrogens with zero attached hydrogens (tertiary/aromatic N) is 2. The van der Waals surface area contributed by atoms with E-state index in [0.717, 1.165) is 12.1 Å². The molecular formula is C16H18N4O3. The molecule has 0 radical (unpaired) electrons. The lowest BCUT2D eigenvalue weighted by atomic mass is 10.0. The van der Waals surface area contributed by atoms with Gasteiger partial charge in [-0.05, 0) is 24.6 Å². The number of H-pyrrole nitrogens is 1. The van der Waals surface area contributed by atoms with E-state index in [1.807, 2.05) is 4.90 Å². The highest BCUT2D eigenvalue weighted by atomic mass is 16.6. The van der Waals surface area contributed by atoms with Gasteiger partial charge in [-0.2, -0.15) is 5.10 Å². The van der Waals surface area contributed by atoms with Crippen molar-refractivity contribution >= 4 is 11.6 Å². The molecule has 1 amide bonds. The number of nitrogens with one attached hydrogen (secondary N) is 1. The zero-order valence-corrected chi connectivity index (χ0v) is 12.6. The van der Waals surface area contributed by atoms with Crippen LogP contribution in [0.3, 0.4) is 0 Å². The first-order valence-electron chi connectivity index (χ1n) is 7.70. The van der Waals surface area contributed by atoms with Crippen molar-refractivity contribution in [2.24, 2.45) is 0 Å². The maximum atomic E-state index is 12.7. The third-order valence-corrected chi connectivity index (χ3v) is 4.37. The summed E-state index contributed by atoms with van der Waals surface area (Å²) in [7, 11) is 0. The van der Waals surface area contributed by atoms with E-state index in [1.54, 1.807) is 24.4 Å². The van der Waals surface area contributed by atoms with E-state index in [2.05, 4.69) is 10.2 Å². The summed E-state index contributed by atoms with van der Waals surface area (Å²) in [5.74, 6) is 1.54. The minimum atomic E-state index is 0.00237. The molecule has 1 aromatic carbocycles. The summed E-state index contributed by atoms with van der Waals surface area (Å²) in [5.41, 5.74) is 8.09. The molecule has 1 aromatic heterocycles. The number of amides is 1. The van der Waals surface area contributed by atoms with Gasteiger partial charge < -0.3 is 20.1 Å². The number of anilines is 1. The summed E-state index contributed by atoms with van der Waals surface area (Å²) in [6.07, 6.45) is 2.49. The van der Waals surface area contributed by atoms with Crippen molar-refractivity contribution in [3.8, 4) is 11.5 Å². The number of hydrogen-bond acceptors (Lipinski definition) is 5. The quantitative estimate of drug-likeness (QED) is 0.874. The van der Waals surface area contributed by atoms with Crippen LogP contribution in [0.25, 0.3) is 0 Å². The molecule has 7 heteroatoms. The van der Waals surface area contributed by atoms with Crippen LogP contribution in [0.5, 0.6) is 11.5 Å². The lowest BCUT2D eigenvalue weighted by Gasteiger charge is -2.20. The molecule has 120 valence electrons. The molecule has 1 fully saturated rings. The van der Waals surface area contributed by atoms with E-state index in [1.165, 1.54) is 0 Å². The number of aromatic nitrogens is 2. The summed E-state index contributed by atoms with van der Waals surface area (Å²) in [6, 6.07) is 5.34. The van der Waals surface area contributed by atoms with Crippen molar-refractivity contribution in [2.75, 3.05) is 32.0 Å². The molecule has 0 bridgehead atoms. The van der Waals surface area contributed by atoms with Gasteiger partial charge >= 0.3 is 0 Å². The molecule has 0 aliphatic carbocycles. The van der Waals surface area contributed by atoms with E-state index in [-0.39, 0.29) is 11.8 Å². The molecule has 1 atom stereocenters. The van der Waals surface area contributed by atoms with Crippen LogP contribution in [-0.4, -0.2) is 47.3 Å². The number of nitrogen functional groups attached to an aromatic ring is 1. The topological polar surface area (TPSA) is 93.5 Å². The molecule has 23 heavy (non-hydrogen) atoms. The van der Waals surface area contributed by atoms with E-state index >= 15 is 0 Å². The predicted octanol–water partition coefficient (Wildman–Crippen LogP) is 1.39. The lowest BCUT2D eigenvalue weighted by Crippen LogP contribution is -2.28. The van der Waals surface area contributed by atoms with E-state index < -0.39 is 0 Å². The van der Waals surface area contributed by atoms with Gasteiger partial charge in [-0.3, -0.25) is 9.89 Å². The molecule has 3 heterocycles. The molecule has 2 aromatic rings. The van der Waals surface area contributed by atoms with Gasteiger partial charge in [0, 0.05) is 24.6 Å². The number of nitrogens with two attached hydrogens (primary N) is 1. The average Bonchev–Trinajstić information content (AvgIpc) is 3.22. The van der Waals surface area contributed by atoms with Crippen LogP contribution >= 0.6 is 0 Å². The molecule has 4 rings (SSSR count). The number of fused-ring (bicyclic) bond motifs is 1. The van der Waals surface area contributed by atoms with Crippen LogP contribution in [0.15, 0.2) is 24.4 Å². The highest BCUT2D eigenvalue weighted by Gasteiger charge is 2.30. The minimum Gasteiger partial charge on any atom is -0.486 e. The fourth-order valence-corrected chi connectivity index (χ4v) is 3.17. The molecule has 2 aliphatic rings. The molecule has 3 N–H and O–H groups in total. The number of rotatable bonds is 2. The van der Waals surface area contributed by atoms with Crippen molar-refractivity contribution in [3.63, 3.8) is 0 Å². The number of carbonyl (C=O) groups excluding carboxylic acids is 1. The standard InChI is InChI=1S/C16H18N4O3/c17-12-8-18-19-15(12)11-3-4-20(9-11)16(21)10-1-2-13-14(7-10)23-6-5-22-13/h1-2,7-8,11H,3-6,9,17H2,(H,18,19). The monoisotopic (exact) mass is 314 g/mol. The molecule has 0 saturated carbocycles. The number of carbonyl (C=O) groups is 1. The van der Waals surface area contributed by atoms with Gasteiger partial charge in [0.15, 0.2) is 11.5 Å². The van der Waals surface area contributed by atoms with Crippen LogP contribution in [0.4, 0.5) is 5.69 Å². The maximum Gasteiger partial charge on any atom is 0.254 e. The molecule has 7 nitrogen and oxygen atoms in total. The zero-order valence-electron chi connectivity index (χ0n) is 12.6. The third kappa shape index (κ3) is 2.48. The van der Waals surface area contributed by atoms with E-state index in [4.69, 9.17) is 15.2 Å². The first kappa shape index (κ1) is 13.9. The molecule has 2 aliphatic heterocycles. The largest absolute Gasteiger partial charge is 0.486 e. The smallest absolute Gasteiger partial charge is 0.254 e. The normalized spacial score (nSPS) is 19.8. The molecule has 1 unspecified atom stereocenters. The van der Waals surface area contributed by atoms with Crippen molar-refractivity contribution < 1.29 is 14.3 Å². The summed E-state index contributed by atoms with van der Waals surface area (Å²) < 4.78 is 11.0. The summed E-state index contributed by atoms with van der Waals surface area (Å²) >= 11 is 0.